The van der Waals surface area contributed by atoms with Gasteiger partial charge in [-0.15, -0.1) is 0 Å². The van der Waals surface area contributed by atoms with Crippen molar-refractivity contribution in [3.05, 3.63) is 28.8 Å². The van der Waals surface area contributed by atoms with Gasteiger partial charge in [-0.05, 0) is 70.7 Å². The highest BCUT2D eigenvalue weighted by atomic mass is 32.2. The molecule has 0 saturated carbocycles. The third kappa shape index (κ3) is 3.70. The third-order valence-electron chi connectivity index (χ3n) is 4.58. The molecule has 5 heteroatoms. The fraction of sp³-hybridized carbons (Fsp3) is 0.647. The largest absolute Gasteiger partial charge is 0.320 e. The minimum atomic E-state index is -3.37. The highest BCUT2D eigenvalue weighted by Crippen LogP contribution is 2.29. The molecule has 0 bridgehead atoms. The number of nitrogens with zero attached hydrogens (tertiary/aromatic N) is 1. The van der Waals surface area contributed by atoms with Crippen molar-refractivity contribution in [1.82, 2.24) is 9.62 Å². The van der Waals surface area contributed by atoms with E-state index in [2.05, 4.69) is 5.32 Å². The standard InChI is InChI=1S/C17H28N2O2S/c1-13-11-14(2)17(15(3)12-13)22(20,21)19-9-6-16(7-10-19)5-8-18-4/h11-12,16,18H,5-10H2,1-4H3. The predicted octanol–water partition coefficient (Wildman–Crippen LogP) is 2.62. The van der Waals surface area contributed by atoms with Gasteiger partial charge in [0.2, 0.25) is 10.0 Å². The summed E-state index contributed by atoms with van der Waals surface area (Å²) >= 11 is 0. The SMILES string of the molecule is CNCCC1CCN(S(=O)(=O)c2c(C)cc(C)cc2C)CC1. The summed E-state index contributed by atoms with van der Waals surface area (Å²) in [4.78, 5) is 0.506. The Kier molecular flexibility index (Phi) is 5.64. The molecule has 1 aliphatic heterocycles. The maximum Gasteiger partial charge on any atom is 0.243 e. The van der Waals surface area contributed by atoms with Gasteiger partial charge in [0.25, 0.3) is 0 Å². The van der Waals surface area contributed by atoms with Gasteiger partial charge in [-0.2, -0.15) is 4.31 Å². The van der Waals surface area contributed by atoms with Gasteiger partial charge in [0.1, 0.15) is 0 Å². The topological polar surface area (TPSA) is 49.4 Å². The summed E-state index contributed by atoms with van der Waals surface area (Å²) in [7, 11) is -1.41. The summed E-state index contributed by atoms with van der Waals surface area (Å²) in [5, 5.41) is 3.17. The van der Waals surface area contributed by atoms with Gasteiger partial charge in [-0.3, -0.25) is 0 Å². The lowest BCUT2D eigenvalue weighted by Crippen LogP contribution is -2.39. The Morgan fingerprint density at radius 1 is 1.14 bits per heavy atom. The number of hydrogen-bond donors (Lipinski definition) is 1. The van der Waals surface area contributed by atoms with Crippen LogP contribution >= 0.6 is 0 Å². The second kappa shape index (κ2) is 7.11. The van der Waals surface area contributed by atoms with Crippen molar-refractivity contribution in [3.63, 3.8) is 0 Å². The first kappa shape index (κ1) is 17.4. The number of hydrogen-bond acceptors (Lipinski definition) is 3. The van der Waals surface area contributed by atoms with Crippen LogP contribution in [0.15, 0.2) is 17.0 Å². The predicted molar refractivity (Wildman–Crippen MR) is 90.7 cm³/mol. The number of nitrogens with one attached hydrogen (secondary N) is 1. The van der Waals surface area contributed by atoms with Gasteiger partial charge in [0.05, 0.1) is 4.90 Å². The lowest BCUT2D eigenvalue weighted by atomic mass is 9.95. The van der Waals surface area contributed by atoms with E-state index in [0.29, 0.717) is 23.9 Å². The fourth-order valence-corrected chi connectivity index (χ4v) is 5.37. The normalized spacial score (nSPS) is 17.8. The molecule has 0 aromatic heterocycles. The molecule has 0 unspecified atom stereocenters. The monoisotopic (exact) mass is 324 g/mol. The van der Waals surface area contributed by atoms with Crippen LogP contribution in [0.5, 0.6) is 0 Å². The fourth-order valence-electron chi connectivity index (χ4n) is 3.49. The Hall–Kier alpha value is -0.910. The van der Waals surface area contributed by atoms with Crippen molar-refractivity contribution in [3.8, 4) is 0 Å². The van der Waals surface area contributed by atoms with Gasteiger partial charge >= 0.3 is 0 Å². The maximum atomic E-state index is 13.0. The number of rotatable bonds is 5. The first-order valence-electron chi connectivity index (χ1n) is 8.09. The molecule has 4 nitrogen and oxygen atoms in total. The molecule has 0 amide bonds. The number of piperidine rings is 1. The van der Waals surface area contributed by atoms with Crippen molar-refractivity contribution < 1.29 is 8.42 Å². The minimum absolute atomic E-state index is 0.506. The van der Waals surface area contributed by atoms with Crippen LogP contribution in [0.1, 0.15) is 36.0 Å². The van der Waals surface area contributed by atoms with Gasteiger partial charge < -0.3 is 5.32 Å². The molecule has 0 spiro atoms. The van der Waals surface area contributed by atoms with Crippen LogP contribution in [0, 0.1) is 26.7 Å². The van der Waals surface area contributed by atoms with Crippen LogP contribution in [0.2, 0.25) is 0 Å². The van der Waals surface area contributed by atoms with E-state index < -0.39 is 10.0 Å². The molecule has 124 valence electrons. The molecule has 1 N–H and O–H groups in total. The minimum Gasteiger partial charge on any atom is -0.320 e. The van der Waals surface area contributed by atoms with Gasteiger partial charge in [-0.1, -0.05) is 17.7 Å². The van der Waals surface area contributed by atoms with E-state index in [1.807, 2.05) is 40.0 Å². The summed E-state index contributed by atoms with van der Waals surface area (Å²) in [6, 6.07) is 3.92. The molecule has 1 aliphatic rings. The second-order valence-electron chi connectivity index (χ2n) is 6.47. The van der Waals surface area contributed by atoms with Gasteiger partial charge in [-0.25, -0.2) is 8.42 Å². The van der Waals surface area contributed by atoms with E-state index in [-0.39, 0.29) is 0 Å². The average Bonchev–Trinajstić information content (AvgIpc) is 2.44. The van der Waals surface area contributed by atoms with Crippen LogP contribution in [0.3, 0.4) is 0 Å². The zero-order valence-electron chi connectivity index (χ0n) is 14.1. The van der Waals surface area contributed by atoms with Gasteiger partial charge in [0.15, 0.2) is 0 Å². The van der Waals surface area contributed by atoms with Gasteiger partial charge in [0, 0.05) is 13.1 Å². The molecular formula is C17H28N2O2S. The molecule has 1 fully saturated rings. The van der Waals surface area contributed by atoms with Crippen LogP contribution in [0.25, 0.3) is 0 Å². The molecule has 1 saturated heterocycles. The summed E-state index contributed by atoms with van der Waals surface area (Å²) in [6.45, 7) is 8.09. The lowest BCUT2D eigenvalue weighted by Gasteiger charge is -2.32. The van der Waals surface area contributed by atoms with Crippen LogP contribution < -0.4 is 5.32 Å². The maximum absolute atomic E-state index is 13.0. The molecule has 1 heterocycles. The van der Waals surface area contributed by atoms with Crippen molar-refractivity contribution >= 4 is 10.0 Å². The van der Waals surface area contributed by atoms with E-state index in [0.717, 1.165) is 42.5 Å². The van der Waals surface area contributed by atoms with Crippen molar-refractivity contribution in [2.24, 2.45) is 5.92 Å². The van der Waals surface area contributed by atoms with E-state index in [1.165, 1.54) is 0 Å². The molecule has 0 aliphatic carbocycles. The highest BCUT2D eigenvalue weighted by molar-refractivity contribution is 7.89. The molecule has 22 heavy (non-hydrogen) atoms. The third-order valence-corrected chi connectivity index (χ3v) is 6.78. The zero-order chi connectivity index (χ0) is 16.3. The average molecular weight is 324 g/mol. The number of sulfonamides is 1. The zero-order valence-corrected chi connectivity index (χ0v) is 15.0. The summed E-state index contributed by atoms with van der Waals surface area (Å²) in [6.07, 6.45) is 3.06. The summed E-state index contributed by atoms with van der Waals surface area (Å²) in [5.74, 6) is 0.638. The quantitative estimate of drug-likeness (QED) is 0.906. The molecule has 1 aromatic carbocycles. The van der Waals surface area contributed by atoms with Crippen molar-refractivity contribution in [2.45, 2.75) is 44.9 Å². The van der Waals surface area contributed by atoms with E-state index in [4.69, 9.17) is 0 Å². The van der Waals surface area contributed by atoms with Crippen LogP contribution in [0.4, 0.5) is 0 Å². The van der Waals surface area contributed by atoms with Crippen molar-refractivity contribution in [2.75, 3.05) is 26.7 Å². The number of aryl methyl sites for hydroxylation is 3. The molecule has 0 atom stereocenters. The molecule has 0 radical (unpaired) electrons. The Balaban J connectivity index is 2.16. The molecule has 2 rings (SSSR count). The van der Waals surface area contributed by atoms with Crippen LogP contribution in [-0.2, 0) is 10.0 Å². The van der Waals surface area contributed by atoms with E-state index in [9.17, 15) is 8.42 Å². The highest BCUT2D eigenvalue weighted by Gasteiger charge is 2.31. The Morgan fingerprint density at radius 3 is 2.18 bits per heavy atom. The smallest absolute Gasteiger partial charge is 0.243 e. The van der Waals surface area contributed by atoms with Crippen molar-refractivity contribution in [1.29, 1.82) is 0 Å². The Labute approximate surface area is 135 Å². The molecule has 1 aromatic rings. The van der Waals surface area contributed by atoms with Crippen LogP contribution in [-0.4, -0.2) is 39.4 Å². The lowest BCUT2D eigenvalue weighted by molar-refractivity contribution is 0.263. The Bertz CT molecular complexity index is 595. The summed E-state index contributed by atoms with van der Waals surface area (Å²) < 4.78 is 27.6. The first-order valence-corrected chi connectivity index (χ1v) is 9.53. The Morgan fingerprint density at radius 2 is 1.68 bits per heavy atom. The van der Waals surface area contributed by atoms with E-state index >= 15 is 0 Å². The first-order chi connectivity index (χ1) is 10.4. The molecular weight excluding hydrogens is 296 g/mol. The number of benzene rings is 1. The van der Waals surface area contributed by atoms with E-state index in [1.54, 1.807) is 4.31 Å². The second-order valence-corrected chi connectivity index (χ2v) is 8.34. The summed E-state index contributed by atoms with van der Waals surface area (Å²) in [5.41, 5.74) is 2.82.